The molecule has 3 amide bonds. The summed E-state index contributed by atoms with van der Waals surface area (Å²) in [6.07, 6.45) is 0.701. The third kappa shape index (κ3) is 11.3. The van der Waals surface area contributed by atoms with Crippen molar-refractivity contribution in [3.05, 3.63) is 101 Å². The van der Waals surface area contributed by atoms with Crippen molar-refractivity contribution in [2.45, 2.75) is 96.6 Å². The Hall–Kier alpha value is -4.85. The van der Waals surface area contributed by atoms with Crippen LogP contribution in [0.4, 0.5) is 14.9 Å². The first-order chi connectivity index (χ1) is 28.1. The van der Waals surface area contributed by atoms with Gasteiger partial charge in [0.25, 0.3) is 0 Å². The molecule has 1 N–H and O–H groups in total. The van der Waals surface area contributed by atoms with E-state index in [1.807, 2.05) is 83.1 Å². The zero-order valence-corrected chi connectivity index (χ0v) is 35.4. The van der Waals surface area contributed by atoms with Crippen LogP contribution in [-0.4, -0.2) is 121 Å². The van der Waals surface area contributed by atoms with E-state index < -0.39 is 11.0 Å². The molecule has 318 valence electrons. The molecule has 0 saturated carbocycles. The number of carbonyl (C=O) groups is 4. The SMILES string of the molecule is C[C@@H]1COCCN1C[C@H]1CN(C(=O)OC(C)(C)C)[C@@H](C)CN1CC(=O)N1C[C@@](C)(C(=O)NCCCC(=O)OCc2ccccc2)c2ccc(Cc3ccc(F)cc3)cc21. The maximum atomic E-state index is 14.7. The number of ether oxygens (including phenoxy) is 3. The number of rotatable bonds is 13. The van der Waals surface area contributed by atoms with E-state index in [-0.39, 0.29) is 80.5 Å². The first-order valence-corrected chi connectivity index (χ1v) is 20.8. The number of benzene rings is 3. The average molecular weight is 814 g/mol. The summed E-state index contributed by atoms with van der Waals surface area (Å²) in [6, 6.07) is 21.5. The normalized spacial score (nSPS) is 22.5. The molecular weight excluding hydrogens is 754 g/mol. The van der Waals surface area contributed by atoms with Gasteiger partial charge in [0.05, 0.1) is 25.2 Å². The number of carbonyl (C=O) groups excluding carboxylic acids is 4. The van der Waals surface area contributed by atoms with Crippen LogP contribution in [0.15, 0.2) is 72.8 Å². The van der Waals surface area contributed by atoms with E-state index >= 15 is 0 Å². The van der Waals surface area contributed by atoms with Gasteiger partial charge in [0.1, 0.15) is 18.0 Å². The Morgan fingerprint density at radius 2 is 1.64 bits per heavy atom. The van der Waals surface area contributed by atoms with E-state index in [2.05, 4.69) is 22.0 Å². The number of hydrogen-bond acceptors (Lipinski definition) is 9. The monoisotopic (exact) mass is 813 g/mol. The molecule has 3 aromatic carbocycles. The van der Waals surface area contributed by atoms with Gasteiger partial charge in [-0.15, -0.1) is 0 Å². The van der Waals surface area contributed by atoms with E-state index in [1.54, 1.807) is 21.9 Å². The fourth-order valence-corrected chi connectivity index (χ4v) is 8.17. The molecule has 0 radical (unpaired) electrons. The molecule has 3 aliphatic heterocycles. The van der Waals surface area contributed by atoms with Gasteiger partial charge in [0.2, 0.25) is 11.8 Å². The van der Waals surface area contributed by atoms with Crippen LogP contribution in [0.3, 0.4) is 0 Å². The predicted octanol–water partition coefficient (Wildman–Crippen LogP) is 5.69. The van der Waals surface area contributed by atoms with Gasteiger partial charge < -0.3 is 29.3 Å². The van der Waals surface area contributed by atoms with E-state index in [1.165, 1.54) is 12.1 Å². The molecule has 12 nitrogen and oxygen atoms in total. The number of nitrogens with zero attached hydrogens (tertiary/aromatic N) is 4. The number of amides is 3. The minimum Gasteiger partial charge on any atom is -0.461 e. The van der Waals surface area contributed by atoms with E-state index in [9.17, 15) is 23.6 Å². The molecule has 4 atom stereocenters. The largest absolute Gasteiger partial charge is 0.461 e. The van der Waals surface area contributed by atoms with Gasteiger partial charge in [-0.3, -0.25) is 24.2 Å². The number of fused-ring (bicyclic) bond motifs is 1. The van der Waals surface area contributed by atoms with Crippen molar-refractivity contribution in [1.82, 2.24) is 20.0 Å². The molecule has 0 aliphatic carbocycles. The number of nitrogens with one attached hydrogen (secondary N) is 1. The highest BCUT2D eigenvalue weighted by molar-refractivity contribution is 6.03. The first kappa shape index (κ1) is 43.7. The summed E-state index contributed by atoms with van der Waals surface area (Å²) in [6.45, 7) is 15.7. The summed E-state index contributed by atoms with van der Waals surface area (Å²) in [4.78, 5) is 62.7. The second-order valence-electron chi connectivity index (χ2n) is 17.5. The standard InChI is InChI=1S/C46H60FN5O7/c1-32-25-50(38(26-49-21-22-57-29-33(49)2)27-51(32)44(56)59-45(3,4)5)28-41(53)52-31-46(6,39-19-16-36(24-40(39)52)23-34-14-17-37(47)18-15-34)43(55)48-20-10-13-42(54)58-30-35-11-8-7-9-12-35/h7-9,11-12,14-19,24,32-33,38H,10,13,20-23,25-31H2,1-6H3,(H,48,55)/t32-,33+,38-,46+/m0/s1. The molecule has 6 rings (SSSR count). The zero-order valence-electron chi connectivity index (χ0n) is 35.4. The molecule has 3 aliphatic rings. The van der Waals surface area contributed by atoms with Crippen molar-refractivity contribution in [3.8, 4) is 0 Å². The summed E-state index contributed by atoms with van der Waals surface area (Å²) in [5.74, 6) is -1.04. The van der Waals surface area contributed by atoms with E-state index in [0.29, 0.717) is 51.4 Å². The topological polar surface area (TPSA) is 121 Å². The molecule has 2 fully saturated rings. The Morgan fingerprint density at radius 3 is 2.36 bits per heavy atom. The van der Waals surface area contributed by atoms with Crippen LogP contribution in [0.2, 0.25) is 0 Å². The van der Waals surface area contributed by atoms with Crippen LogP contribution in [0, 0.1) is 5.82 Å². The lowest BCUT2D eigenvalue weighted by atomic mass is 9.83. The van der Waals surface area contributed by atoms with Crippen molar-refractivity contribution in [1.29, 1.82) is 0 Å². The number of morpholine rings is 1. The van der Waals surface area contributed by atoms with E-state index in [0.717, 1.165) is 28.8 Å². The van der Waals surface area contributed by atoms with Gasteiger partial charge in [-0.2, -0.15) is 0 Å². The summed E-state index contributed by atoms with van der Waals surface area (Å²) < 4.78 is 30.7. The van der Waals surface area contributed by atoms with Gasteiger partial charge in [-0.05, 0) is 94.8 Å². The maximum Gasteiger partial charge on any atom is 0.410 e. The minimum atomic E-state index is -1.07. The lowest BCUT2D eigenvalue weighted by Gasteiger charge is -2.47. The third-order valence-corrected chi connectivity index (χ3v) is 11.5. The second-order valence-corrected chi connectivity index (χ2v) is 17.5. The third-order valence-electron chi connectivity index (χ3n) is 11.5. The second kappa shape index (κ2) is 19.0. The lowest BCUT2D eigenvalue weighted by molar-refractivity contribution is -0.145. The molecule has 3 heterocycles. The molecule has 0 unspecified atom stereocenters. The molecule has 2 saturated heterocycles. The van der Waals surface area contributed by atoms with Crippen LogP contribution in [0.5, 0.6) is 0 Å². The molecule has 13 heteroatoms. The van der Waals surface area contributed by atoms with Crippen LogP contribution >= 0.6 is 0 Å². The van der Waals surface area contributed by atoms with Crippen LogP contribution in [0.1, 0.15) is 76.6 Å². The smallest absolute Gasteiger partial charge is 0.410 e. The predicted molar refractivity (Wildman–Crippen MR) is 223 cm³/mol. The fraction of sp³-hybridized carbons (Fsp3) is 0.522. The maximum absolute atomic E-state index is 14.7. The van der Waals surface area contributed by atoms with E-state index in [4.69, 9.17) is 14.2 Å². The van der Waals surface area contributed by atoms with Gasteiger partial charge in [-0.25, -0.2) is 9.18 Å². The van der Waals surface area contributed by atoms with Crippen molar-refractivity contribution in [2.75, 3.05) is 63.9 Å². The zero-order chi connectivity index (χ0) is 42.3. The Bertz CT molecular complexity index is 1940. The highest BCUT2D eigenvalue weighted by atomic mass is 19.1. The Morgan fingerprint density at radius 1 is 0.915 bits per heavy atom. The molecule has 0 spiro atoms. The van der Waals surface area contributed by atoms with Crippen LogP contribution < -0.4 is 10.2 Å². The quantitative estimate of drug-likeness (QED) is 0.172. The van der Waals surface area contributed by atoms with Gasteiger partial charge in [0.15, 0.2) is 0 Å². The summed E-state index contributed by atoms with van der Waals surface area (Å²) in [7, 11) is 0. The molecule has 0 aromatic heterocycles. The summed E-state index contributed by atoms with van der Waals surface area (Å²) in [5.41, 5.74) is 2.42. The molecule has 3 aromatic rings. The lowest BCUT2D eigenvalue weighted by Crippen LogP contribution is -2.64. The molecule has 0 bridgehead atoms. The highest BCUT2D eigenvalue weighted by Gasteiger charge is 2.47. The minimum absolute atomic E-state index is 0.0836. The number of halogens is 1. The number of piperazine rings is 1. The Kier molecular flexibility index (Phi) is 14.1. The molecule has 59 heavy (non-hydrogen) atoms. The van der Waals surface area contributed by atoms with Crippen molar-refractivity contribution in [3.63, 3.8) is 0 Å². The number of esters is 1. The van der Waals surface area contributed by atoms with Crippen LogP contribution in [-0.2, 0) is 47.0 Å². The number of anilines is 1. The summed E-state index contributed by atoms with van der Waals surface area (Å²) >= 11 is 0. The summed E-state index contributed by atoms with van der Waals surface area (Å²) in [5, 5.41) is 3.03. The van der Waals surface area contributed by atoms with Crippen molar-refractivity contribution in [2.24, 2.45) is 0 Å². The van der Waals surface area contributed by atoms with Gasteiger partial charge in [-0.1, -0.05) is 54.6 Å². The van der Waals surface area contributed by atoms with Crippen LogP contribution in [0.25, 0.3) is 0 Å². The Balaban J connectivity index is 1.19. The van der Waals surface area contributed by atoms with Crippen molar-refractivity contribution < 1.29 is 37.8 Å². The van der Waals surface area contributed by atoms with Gasteiger partial charge in [0, 0.05) is 69.5 Å². The fourth-order valence-electron chi connectivity index (χ4n) is 8.17. The Labute approximate surface area is 347 Å². The first-order valence-electron chi connectivity index (χ1n) is 20.8. The highest BCUT2D eigenvalue weighted by Crippen LogP contribution is 2.42. The molecular formula is C46H60FN5O7. The average Bonchev–Trinajstić information content (AvgIpc) is 3.50. The van der Waals surface area contributed by atoms with Gasteiger partial charge >= 0.3 is 12.1 Å². The number of hydrogen-bond donors (Lipinski definition) is 1. The van der Waals surface area contributed by atoms with Crippen molar-refractivity contribution >= 4 is 29.6 Å².